The van der Waals surface area contributed by atoms with Crippen molar-refractivity contribution in [3.05, 3.63) is 69.6 Å². The minimum absolute atomic E-state index is 0.0502. The molecule has 2 aliphatic rings. The van der Waals surface area contributed by atoms with E-state index in [9.17, 15) is 40.8 Å². The number of nitrogens with one attached hydrogen (secondary N) is 1. The Morgan fingerprint density at radius 1 is 1.14 bits per heavy atom. The van der Waals surface area contributed by atoms with Gasteiger partial charge in [0, 0.05) is 36.1 Å². The molecule has 2 fully saturated rings. The highest BCUT2D eigenvalue weighted by Gasteiger charge is 2.47. The van der Waals surface area contributed by atoms with Crippen LogP contribution in [0.3, 0.4) is 0 Å². The average molecular weight is 648 g/mol. The molecule has 0 bridgehead atoms. The van der Waals surface area contributed by atoms with Gasteiger partial charge in [-0.25, -0.2) is 17.6 Å². The van der Waals surface area contributed by atoms with E-state index in [1.165, 1.54) is 29.2 Å². The number of carbonyl (C=O) groups is 2. The number of sulfone groups is 1. The maximum absolute atomic E-state index is 13.9. The lowest BCUT2D eigenvalue weighted by Gasteiger charge is -2.44. The van der Waals surface area contributed by atoms with Gasteiger partial charge in [-0.2, -0.15) is 13.2 Å². The van der Waals surface area contributed by atoms with Crippen LogP contribution in [0.25, 0.3) is 0 Å². The Hall–Kier alpha value is -2.58. The van der Waals surface area contributed by atoms with Crippen molar-refractivity contribution >= 4 is 33.3 Å². The molecule has 8 nitrogen and oxygen atoms in total. The van der Waals surface area contributed by atoms with Crippen molar-refractivity contribution in [2.75, 3.05) is 19.3 Å². The van der Waals surface area contributed by atoms with Crippen molar-refractivity contribution in [2.45, 2.75) is 74.8 Å². The molecule has 2 amide bonds. The van der Waals surface area contributed by atoms with Gasteiger partial charge in [-0.3, -0.25) is 9.86 Å². The number of benzene rings is 2. The van der Waals surface area contributed by atoms with E-state index < -0.39 is 67.8 Å². The third-order valence-electron chi connectivity index (χ3n) is 8.58. The quantitative estimate of drug-likeness (QED) is 0.344. The molecule has 1 aliphatic carbocycles. The first kappa shape index (κ1) is 33.3. The molecular weight excluding hydrogens is 614 g/mol. The standard InChI is InChI=1S/C29H34ClF4N3O5S/c1-17(2)35(3)23-6-9-25(19(14-23)16-43(41,42)24-7-4-21(30)5-8-24)36-11-10-26(28(36)39)37(40)27(38)18-12-20(29(32,33)34)15-22(31)13-18/h4-5,7-8,12-13,15,17,19,23,25-26,37H,6,9-11,14,16H2,1-3H3/t19-,23?,25?,26?/m0/s1. The Morgan fingerprint density at radius 2 is 1.79 bits per heavy atom. The number of quaternary nitrogens is 1. The van der Waals surface area contributed by atoms with Gasteiger partial charge in [0.2, 0.25) is 0 Å². The van der Waals surface area contributed by atoms with Gasteiger partial charge in [0.1, 0.15) is 5.82 Å². The number of nitrogens with zero attached hydrogens (tertiary/aromatic N) is 2. The second-order valence-corrected chi connectivity index (χ2v) is 14.1. The van der Waals surface area contributed by atoms with Crippen molar-refractivity contribution < 1.29 is 40.6 Å². The van der Waals surface area contributed by atoms with E-state index in [-0.39, 0.29) is 41.8 Å². The van der Waals surface area contributed by atoms with Crippen LogP contribution in [0.15, 0.2) is 47.4 Å². The molecule has 2 aromatic rings. The van der Waals surface area contributed by atoms with Crippen LogP contribution >= 0.6 is 11.6 Å². The van der Waals surface area contributed by atoms with E-state index in [0.717, 1.165) is 0 Å². The third kappa shape index (κ3) is 7.39. The van der Waals surface area contributed by atoms with E-state index in [2.05, 4.69) is 4.90 Å². The molecule has 0 radical (unpaired) electrons. The summed E-state index contributed by atoms with van der Waals surface area (Å²) >= 11 is 5.93. The Bertz CT molecular complexity index is 1460. The molecule has 2 aromatic carbocycles. The van der Waals surface area contributed by atoms with E-state index in [0.29, 0.717) is 36.4 Å². The van der Waals surface area contributed by atoms with Crippen molar-refractivity contribution in [1.82, 2.24) is 9.80 Å². The molecule has 1 N–H and O–H groups in total. The Labute approximate surface area is 253 Å². The first-order chi connectivity index (χ1) is 20.0. The molecule has 5 atom stereocenters. The molecule has 43 heavy (non-hydrogen) atoms. The van der Waals surface area contributed by atoms with Gasteiger partial charge in [0.05, 0.1) is 21.8 Å². The summed E-state index contributed by atoms with van der Waals surface area (Å²) in [6.07, 6.45) is -3.40. The minimum Gasteiger partial charge on any atom is -0.626 e. The summed E-state index contributed by atoms with van der Waals surface area (Å²) in [4.78, 5) is 30.1. The van der Waals surface area contributed by atoms with Crippen molar-refractivity contribution in [3.8, 4) is 0 Å². The van der Waals surface area contributed by atoms with E-state index in [1.807, 2.05) is 20.9 Å². The number of hydrogen-bond acceptors (Lipinski definition) is 6. The second-order valence-electron chi connectivity index (χ2n) is 11.6. The first-order valence-electron chi connectivity index (χ1n) is 14.0. The number of hydroxylamine groups is 2. The van der Waals surface area contributed by atoms with Crippen LogP contribution < -0.4 is 5.06 Å². The summed E-state index contributed by atoms with van der Waals surface area (Å²) in [5, 5.41) is 12.2. The van der Waals surface area contributed by atoms with Gasteiger partial charge in [0.15, 0.2) is 15.9 Å². The van der Waals surface area contributed by atoms with Crippen LogP contribution in [-0.2, 0) is 20.8 Å². The molecule has 4 unspecified atom stereocenters. The van der Waals surface area contributed by atoms with Crippen molar-refractivity contribution in [2.24, 2.45) is 5.92 Å². The minimum atomic E-state index is -4.94. The number of carbonyl (C=O) groups excluding carboxylic acids is 2. The van der Waals surface area contributed by atoms with Crippen LogP contribution in [0.2, 0.25) is 5.02 Å². The molecule has 4 rings (SSSR count). The van der Waals surface area contributed by atoms with E-state index >= 15 is 0 Å². The molecule has 236 valence electrons. The summed E-state index contributed by atoms with van der Waals surface area (Å²) in [6, 6.07) is 5.21. The predicted octanol–water partition coefficient (Wildman–Crippen LogP) is 3.97. The summed E-state index contributed by atoms with van der Waals surface area (Å²) in [5.74, 6) is -4.15. The fraction of sp³-hybridized carbons (Fsp3) is 0.517. The fourth-order valence-electron chi connectivity index (χ4n) is 6.08. The van der Waals surface area contributed by atoms with Crippen molar-refractivity contribution in [3.63, 3.8) is 0 Å². The number of hydrogen-bond donors (Lipinski definition) is 1. The number of alkyl halides is 3. The third-order valence-corrected chi connectivity index (χ3v) is 10.7. The highest BCUT2D eigenvalue weighted by atomic mass is 35.5. The van der Waals surface area contributed by atoms with Gasteiger partial charge in [-0.15, -0.1) is 0 Å². The molecule has 0 spiro atoms. The van der Waals surface area contributed by atoms with Gasteiger partial charge in [-0.05, 0) is 88.5 Å². The average Bonchev–Trinajstić information content (AvgIpc) is 3.31. The van der Waals surface area contributed by atoms with Gasteiger partial charge in [0.25, 0.3) is 5.91 Å². The molecule has 1 saturated heterocycles. The van der Waals surface area contributed by atoms with Crippen LogP contribution in [0.5, 0.6) is 0 Å². The Morgan fingerprint density at radius 3 is 2.40 bits per heavy atom. The number of halogens is 5. The van der Waals surface area contributed by atoms with Crippen LogP contribution in [0, 0.1) is 16.9 Å². The molecular formula is C29H34ClF4N3O5S. The molecule has 14 heteroatoms. The van der Waals surface area contributed by atoms with Crippen LogP contribution in [0.4, 0.5) is 17.6 Å². The normalized spacial score (nSPS) is 24.2. The highest BCUT2D eigenvalue weighted by molar-refractivity contribution is 7.91. The van der Waals surface area contributed by atoms with Gasteiger partial charge in [-0.1, -0.05) is 11.6 Å². The largest absolute Gasteiger partial charge is 0.626 e. The summed E-state index contributed by atoms with van der Waals surface area (Å²) < 4.78 is 80.3. The summed E-state index contributed by atoms with van der Waals surface area (Å²) in [7, 11) is -1.83. The van der Waals surface area contributed by atoms with Crippen molar-refractivity contribution in [1.29, 1.82) is 0 Å². The zero-order valence-corrected chi connectivity index (χ0v) is 25.5. The number of likely N-dealkylation sites (tertiary alicyclic amines) is 1. The smallest absolute Gasteiger partial charge is 0.416 e. The van der Waals surface area contributed by atoms with Gasteiger partial charge >= 0.3 is 12.1 Å². The van der Waals surface area contributed by atoms with Gasteiger partial charge < -0.3 is 15.0 Å². The maximum Gasteiger partial charge on any atom is 0.416 e. The summed E-state index contributed by atoms with van der Waals surface area (Å²) in [6.45, 7) is 4.13. The number of rotatable bonds is 8. The zero-order valence-electron chi connectivity index (χ0n) is 23.9. The monoisotopic (exact) mass is 647 g/mol. The molecule has 0 aromatic heterocycles. The summed E-state index contributed by atoms with van der Waals surface area (Å²) in [5.41, 5.74) is -2.20. The predicted molar refractivity (Wildman–Crippen MR) is 152 cm³/mol. The zero-order chi connectivity index (χ0) is 31.9. The lowest BCUT2D eigenvalue weighted by atomic mass is 9.81. The number of amides is 2. The lowest BCUT2D eigenvalue weighted by molar-refractivity contribution is -0.776. The molecule has 1 heterocycles. The Balaban J connectivity index is 1.57. The first-order valence-corrected chi connectivity index (χ1v) is 16.0. The van der Waals surface area contributed by atoms with E-state index in [4.69, 9.17) is 11.6 Å². The fourth-order valence-corrected chi connectivity index (χ4v) is 7.87. The highest BCUT2D eigenvalue weighted by Crippen LogP contribution is 2.36. The SMILES string of the molecule is CC(C)N(C)C1CCC(N2CCC([NH+]([O-])C(=O)c3cc(F)cc(C(F)(F)F)c3)C2=O)[C@H](CS(=O)(=O)c2ccc(Cl)cc2)C1. The molecule has 1 aliphatic heterocycles. The van der Waals surface area contributed by atoms with Crippen LogP contribution in [-0.4, -0.2) is 73.5 Å². The second kappa shape index (κ2) is 12.8. The van der Waals surface area contributed by atoms with E-state index in [1.54, 1.807) is 0 Å². The van der Waals surface area contributed by atoms with Crippen LogP contribution in [0.1, 0.15) is 55.5 Å². The topological polar surface area (TPSA) is 102 Å². The Kier molecular flexibility index (Phi) is 9.92. The molecule has 1 saturated carbocycles. The lowest BCUT2D eigenvalue weighted by Crippen LogP contribution is -3.14. The maximum atomic E-state index is 13.9.